The van der Waals surface area contributed by atoms with Crippen LogP contribution in [0.3, 0.4) is 0 Å². The highest BCUT2D eigenvalue weighted by atomic mass is 127. The van der Waals surface area contributed by atoms with Crippen molar-refractivity contribution in [2.45, 2.75) is 52.3 Å². The van der Waals surface area contributed by atoms with Crippen LogP contribution < -0.4 is 15.4 Å². The summed E-state index contributed by atoms with van der Waals surface area (Å²) in [6.07, 6.45) is 2.11. The van der Waals surface area contributed by atoms with Gasteiger partial charge in [0, 0.05) is 13.7 Å². The van der Waals surface area contributed by atoms with Gasteiger partial charge in [0.2, 0.25) is 5.89 Å². The van der Waals surface area contributed by atoms with Crippen LogP contribution in [0.25, 0.3) is 0 Å². The first kappa shape index (κ1) is 25.3. The van der Waals surface area contributed by atoms with Gasteiger partial charge >= 0.3 is 0 Å². The van der Waals surface area contributed by atoms with Crippen molar-refractivity contribution in [3.05, 3.63) is 41.3 Å². The third-order valence-corrected chi connectivity index (χ3v) is 4.88. The quantitative estimate of drug-likeness (QED) is 0.263. The normalized spacial score (nSPS) is 15.7. The van der Waals surface area contributed by atoms with Gasteiger partial charge < -0.3 is 24.6 Å². The van der Waals surface area contributed by atoms with Crippen LogP contribution in [-0.2, 0) is 11.3 Å². The van der Waals surface area contributed by atoms with Gasteiger partial charge in [-0.2, -0.15) is 4.98 Å². The molecule has 172 valence electrons. The summed E-state index contributed by atoms with van der Waals surface area (Å²) in [5.41, 5.74) is 0.792. The van der Waals surface area contributed by atoms with Gasteiger partial charge in [-0.05, 0) is 57.2 Å². The van der Waals surface area contributed by atoms with Crippen molar-refractivity contribution in [3.63, 3.8) is 0 Å². The van der Waals surface area contributed by atoms with Gasteiger partial charge in [-0.1, -0.05) is 11.2 Å². The highest BCUT2D eigenvalue weighted by Gasteiger charge is 2.22. The molecular weight excluding hydrogens is 516 g/mol. The van der Waals surface area contributed by atoms with Crippen LogP contribution >= 0.6 is 24.0 Å². The second kappa shape index (κ2) is 12.2. The number of hydrogen-bond acceptors (Lipinski definition) is 6. The summed E-state index contributed by atoms with van der Waals surface area (Å²) in [7, 11) is 1.66. The van der Waals surface area contributed by atoms with E-state index < -0.39 is 0 Å². The molecular formula is C21H31FIN5O3. The zero-order chi connectivity index (χ0) is 21.5. The number of nitrogens with one attached hydrogen (secondary N) is 2. The average molecular weight is 547 g/mol. The number of rotatable bonds is 10. The first-order chi connectivity index (χ1) is 14.5. The van der Waals surface area contributed by atoms with E-state index in [1.165, 1.54) is 18.9 Å². The smallest absolute Gasteiger partial charge is 0.246 e. The second-order valence-corrected chi connectivity index (χ2v) is 7.38. The van der Waals surface area contributed by atoms with Crippen LogP contribution in [0.4, 0.5) is 4.39 Å². The molecule has 0 saturated heterocycles. The fourth-order valence-electron chi connectivity index (χ4n) is 2.87. The summed E-state index contributed by atoms with van der Waals surface area (Å²) in [4.78, 5) is 8.51. The Labute approximate surface area is 199 Å². The molecule has 0 bridgehead atoms. The largest absolute Gasteiger partial charge is 0.490 e. The van der Waals surface area contributed by atoms with E-state index in [0.717, 1.165) is 5.56 Å². The molecule has 0 radical (unpaired) electrons. The maximum atomic E-state index is 14.4. The molecule has 2 unspecified atom stereocenters. The van der Waals surface area contributed by atoms with Crippen LogP contribution in [0.1, 0.15) is 63.0 Å². The Kier molecular flexibility index (Phi) is 9.94. The molecule has 1 aromatic carbocycles. The average Bonchev–Trinajstić information content (AvgIpc) is 3.45. The molecule has 1 aliphatic rings. The molecule has 8 nitrogen and oxygen atoms in total. The number of aliphatic imine (C=N–C) groups is 1. The van der Waals surface area contributed by atoms with Crippen LogP contribution in [0.5, 0.6) is 5.75 Å². The van der Waals surface area contributed by atoms with Crippen molar-refractivity contribution < 1.29 is 18.4 Å². The summed E-state index contributed by atoms with van der Waals surface area (Å²) in [6.45, 7) is 7.18. The fraction of sp³-hybridized carbons (Fsp3) is 0.571. The van der Waals surface area contributed by atoms with E-state index in [1.54, 1.807) is 13.1 Å². The van der Waals surface area contributed by atoms with Crippen molar-refractivity contribution in [1.82, 2.24) is 20.8 Å². The van der Waals surface area contributed by atoms with E-state index in [1.807, 2.05) is 26.8 Å². The number of ether oxygens (including phenoxy) is 2. The molecule has 1 aliphatic carbocycles. The minimum absolute atomic E-state index is 0. The SMILES string of the molecule is CCOC(C)c1noc(CNC(=NC)NC(C)c2ccc(OCC3CC3)c(F)c2)n1.I. The molecule has 1 saturated carbocycles. The maximum Gasteiger partial charge on any atom is 0.246 e. The van der Waals surface area contributed by atoms with Gasteiger partial charge in [-0.3, -0.25) is 4.99 Å². The van der Waals surface area contributed by atoms with Crippen molar-refractivity contribution in [2.75, 3.05) is 20.3 Å². The van der Waals surface area contributed by atoms with Crippen molar-refractivity contribution in [1.29, 1.82) is 0 Å². The Hall–Kier alpha value is -1.95. The Morgan fingerprint density at radius 1 is 1.35 bits per heavy atom. The summed E-state index contributed by atoms with van der Waals surface area (Å²) in [5, 5.41) is 10.3. The van der Waals surface area contributed by atoms with E-state index in [-0.39, 0.29) is 41.9 Å². The van der Waals surface area contributed by atoms with Gasteiger partial charge in [-0.15, -0.1) is 24.0 Å². The van der Waals surface area contributed by atoms with Crippen LogP contribution in [-0.4, -0.2) is 36.4 Å². The molecule has 0 amide bonds. The fourth-order valence-corrected chi connectivity index (χ4v) is 2.87. The Bertz CT molecular complexity index is 859. The molecule has 1 heterocycles. The number of aromatic nitrogens is 2. The van der Waals surface area contributed by atoms with E-state index >= 15 is 0 Å². The van der Waals surface area contributed by atoms with Gasteiger partial charge in [0.15, 0.2) is 23.4 Å². The number of guanidine groups is 1. The lowest BCUT2D eigenvalue weighted by atomic mass is 10.1. The predicted molar refractivity (Wildman–Crippen MR) is 126 cm³/mol. The van der Waals surface area contributed by atoms with E-state index in [2.05, 4.69) is 25.8 Å². The van der Waals surface area contributed by atoms with Crippen LogP contribution in [0, 0.1) is 11.7 Å². The Balaban J connectivity index is 0.00000341. The lowest BCUT2D eigenvalue weighted by molar-refractivity contribution is 0.0683. The monoisotopic (exact) mass is 547 g/mol. The molecule has 2 N–H and O–H groups in total. The van der Waals surface area contributed by atoms with Gasteiger partial charge in [0.25, 0.3) is 0 Å². The van der Waals surface area contributed by atoms with Crippen LogP contribution in [0.2, 0.25) is 0 Å². The third kappa shape index (κ3) is 7.60. The molecule has 3 rings (SSSR count). The molecule has 0 aliphatic heterocycles. The zero-order valence-electron chi connectivity index (χ0n) is 18.4. The van der Waals surface area contributed by atoms with Gasteiger partial charge in [-0.25, -0.2) is 4.39 Å². The number of halogens is 2. The van der Waals surface area contributed by atoms with Gasteiger partial charge in [0.1, 0.15) is 6.10 Å². The molecule has 31 heavy (non-hydrogen) atoms. The number of hydrogen-bond donors (Lipinski definition) is 2. The Morgan fingerprint density at radius 3 is 2.77 bits per heavy atom. The van der Waals surface area contributed by atoms with Crippen molar-refractivity contribution in [2.24, 2.45) is 10.9 Å². The molecule has 0 spiro atoms. The number of benzene rings is 1. The lowest BCUT2D eigenvalue weighted by Gasteiger charge is -2.18. The minimum Gasteiger partial charge on any atom is -0.490 e. The summed E-state index contributed by atoms with van der Waals surface area (Å²) >= 11 is 0. The summed E-state index contributed by atoms with van der Waals surface area (Å²) in [6, 6.07) is 4.86. The van der Waals surface area contributed by atoms with E-state index in [4.69, 9.17) is 14.0 Å². The maximum absolute atomic E-state index is 14.4. The topological polar surface area (TPSA) is 93.8 Å². The summed E-state index contributed by atoms with van der Waals surface area (Å²) < 4.78 is 30.6. The highest BCUT2D eigenvalue weighted by molar-refractivity contribution is 14.0. The number of nitrogens with zero attached hydrogens (tertiary/aromatic N) is 3. The third-order valence-electron chi connectivity index (χ3n) is 4.88. The summed E-state index contributed by atoms with van der Waals surface area (Å²) in [5.74, 6) is 1.99. The highest BCUT2D eigenvalue weighted by Crippen LogP contribution is 2.30. The lowest BCUT2D eigenvalue weighted by Crippen LogP contribution is -2.38. The molecule has 2 aromatic rings. The van der Waals surface area contributed by atoms with E-state index in [0.29, 0.717) is 49.1 Å². The first-order valence-electron chi connectivity index (χ1n) is 10.3. The first-order valence-corrected chi connectivity index (χ1v) is 10.3. The minimum atomic E-state index is -0.355. The molecule has 1 aromatic heterocycles. The Morgan fingerprint density at radius 2 is 2.13 bits per heavy atom. The van der Waals surface area contributed by atoms with Crippen molar-refractivity contribution >= 4 is 29.9 Å². The molecule has 1 fully saturated rings. The molecule has 10 heteroatoms. The zero-order valence-corrected chi connectivity index (χ0v) is 20.7. The van der Waals surface area contributed by atoms with E-state index in [9.17, 15) is 4.39 Å². The van der Waals surface area contributed by atoms with Crippen molar-refractivity contribution in [3.8, 4) is 5.75 Å². The van der Waals surface area contributed by atoms with Gasteiger partial charge in [0.05, 0.1) is 19.2 Å². The standard InChI is InChI=1S/C21H30FN5O3.HI/c1-5-28-14(3)20-26-19(30-27-20)11-24-21(23-4)25-13(2)16-8-9-18(17(22)10-16)29-12-15-6-7-15;/h8-10,13-15H,5-7,11-12H2,1-4H3,(H2,23,24,25);1H. The predicted octanol–water partition coefficient (Wildman–Crippen LogP) is 4.14. The van der Waals surface area contributed by atoms with Crippen LogP contribution in [0.15, 0.2) is 27.7 Å². The molecule has 2 atom stereocenters. The second-order valence-electron chi connectivity index (χ2n) is 7.38.